The molecule has 0 fully saturated rings. The van der Waals surface area contributed by atoms with Gasteiger partial charge in [0.2, 0.25) is 5.91 Å². The second-order valence-corrected chi connectivity index (χ2v) is 6.25. The summed E-state index contributed by atoms with van der Waals surface area (Å²) in [6.07, 6.45) is 3.01. The second kappa shape index (κ2) is 6.39. The lowest BCUT2D eigenvalue weighted by Gasteiger charge is -2.23. The molecular formula is C15H22N4OS. The number of aromatic nitrogens is 3. The van der Waals surface area contributed by atoms with Gasteiger partial charge in [0.25, 0.3) is 0 Å². The van der Waals surface area contributed by atoms with E-state index in [9.17, 15) is 4.79 Å². The third kappa shape index (κ3) is 3.32. The number of thiazole rings is 1. The van der Waals surface area contributed by atoms with Crippen LogP contribution in [0.5, 0.6) is 0 Å². The van der Waals surface area contributed by atoms with E-state index < -0.39 is 0 Å². The van der Waals surface area contributed by atoms with E-state index in [4.69, 9.17) is 0 Å². The van der Waals surface area contributed by atoms with E-state index >= 15 is 0 Å². The fraction of sp³-hybridized carbons (Fsp3) is 0.533. The molecule has 0 N–H and O–H groups in total. The van der Waals surface area contributed by atoms with Gasteiger partial charge in [-0.3, -0.25) is 9.48 Å². The number of hydrogen-bond acceptors (Lipinski definition) is 4. The highest BCUT2D eigenvalue weighted by Crippen LogP contribution is 2.22. The Morgan fingerprint density at radius 3 is 2.71 bits per heavy atom. The normalized spacial score (nSPS) is 12.4. The van der Waals surface area contributed by atoms with Crippen molar-refractivity contribution in [2.45, 2.75) is 39.7 Å². The van der Waals surface area contributed by atoms with E-state index in [1.54, 1.807) is 22.4 Å². The fourth-order valence-corrected chi connectivity index (χ4v) is 3.15. The van der Waals surface area contributed by atoms with Gasteiger partial charge in [0.1, 0.15) is 5.01 Å². The fourth-order valence-electron chi connectivity index (χ4n) is 2.41. The van der Waals surface area contributed by atoms with E-state index in [0.717, 1.165) is 22.8 Å². The molecule has 0 saturated carbocycles. The summed E-state index contributed by atoms with van der Waals surface area (Å²) in [6, 6.07) is 0.0218. The molecule has 2 rings (SSSR count). The van der Waals surface area contributed by atoms with Crippen molar-refractivity contribution in [2.75, 3.05) is 7.05 Å². The Hall–Kier alpha value is -1.69. The van der Waals surface area contributed by atoms with Crippen molar-refractivity contribution in [3.05, 3.63) is 33.5 Å². The van der Waals surface area contributed by atoms with Gasteiger partial charge in [-0.05, 0) is 32.8 Å². The number of amides is 1. The molecule has 2 aromatic rings. The molecule has 0 aliphatic heterocycles. The molecule has 1 atom stereocenters. The van der Waals surface area contributed by atoms with Crippen molar-refractivity contribution >= 4 is 17.2 Å². The van der Waals surface area contributed by atoms with Crippen LogP contribution in [-0.2, 0) is 18.3 Å². The molecule has 0 saturated heterocycles. The largest absolute Gasteiger partial charge is 0.337 e. The maximum atomic E-state index is 12.4. The zero-order valence-corrected chi connectivity index (χ0v) is 14.1. The number of carbonyl (C=O) groups excluding carboxylic acids is 1. The van der Waals surface area contributed by atoms with Gasteiger partial charge in [-0.15, -0.1) is 11.3 Å². The van der Waals surface area contributed by atoms with Gasteiger partial charge in [0, 0.05) is 37.8 Å². The first-order chi connectivity index (χ1) is 9.91. The molecule has 0 aliphatic rings. The van der Waals surface area contributed by atoms with E-state index in [0.29, 0.717) is 6.42 Å². The molecule has 5 nitrogen and oxygen atoms in total. The van der Waals surface area contributed by atoms with Gasteiger partial charge in [-0.2, -0.15) is 5.10 Å². The Morgan fingerprint density at radius 2 is 2.19 bits per heavy atom. The Bertz CT molecular complexity index is 618. The summed E-state index contributed by atoms with van der Waals surface area (Å²) < 4.78 is 1.87. The third-order valence-corrected chi connectivity index (χ3v) is 4.98. The predicted octanol–water partition coefficient (Wildman–Crippen LogP) is 2.65. The summed E-state index contributed by atoms with van der Waals surface area (Å²) in [7, 11) is 3.78. The van der Waals surface area contributed by atoms with Crippen LogP contribution >= 0.6 is 11.3 Å². The molecule has 0 radical (unpaired) electrons. The van der Waals surface area contributed by atoms with Gasteiger partial charge in [-0.1, -0.05) is 0 Å². The molecule has 6 heteroatoms. The van der Waals surface area contributed by atoms with E-state index in [-0.39, 0.29) is 11.9 Å². The van der Waals surface area contributed by atoms with Crippen LogP contribution in [0.4, 0.5) is 0 Å². The van der Waals surface area contributed by atoms with Crippen molar-refractivity contribution in [1.29, 1.82) is 0 Å². The van der Waals surface area contributed by atoms with Gasteiger partial charge in [-0.25, -0.2) is 4.98 Å². The zero-order chi connectivity index (χ0) is 15.6. The van der Waals surface area contributed by atoms with Crippen LogP contribution in [0.25, 0.3) is 0 Å². The quantitative estimate of drug-likeness (QED) is 0.853. The first-order valence-electron chi connectivity index (χ1n) is 7.06. The average molecular weight is 306 g/mol. The Morgan fingerprint density at radius 1 is 1.48 bits per heavy atom. The van der Waals surface area contributed by atoms with E-state index in [2.05, 4.69) is 10.1 Å². The van der Waals surface area contributed by atoms with E-state index in [1.807, 2.05) is 44.9 Å². The van der Waals surface area contributed by atoms with Crippen LogP contribution in [0.3, 0.4) is 0 Å². The zero-order valence-electron chi connectivity index (χ0n) is 13.3. The molecule has 21 heavy (non-hydrogen) atoms. The van der Waals surface area contributed by atoms with Crippen LogP contribution in [0.15, 0.2) is 11.6 Å². The molecule has 1 amide bonds. The van der Waals surface area contributed by atoms with Crippen molar-refractivity contribution in [2.24, 2.45) is 7.05 Å². The Kier molecular flexibility index (Phi) is 4.77. The highest BCUT2D eigenvalue weighted by Gasteiger charge is 2.20. The average Bonchev–Trinajstić information content (AvgIpc) is 3.06. The van der Waals surface area contributed by atoms with E-state index in [1.165, 1.54) is 5.56 Å². The topological polar surface area (TPSA) is 51.0 Å². The summed E-state index contributed by atoms with van der Waals surface area (Å²) in [5.74, 6) is 0.139. The van der Waals surface area contributed by atoms with Crippen LogP contribution in [0.1, 0.15) is 41.3 Å². The summed E-state index contributed by atoms with van der Waals surface area (Å²) in [6.45, 7) is 6.05. The molecule has 2 heterocycles. The SMILES string of the molecule is Cc1nn(C)c(C)c1CCC(=O)N(C)C(C)c1nccs1. The van der Waals surface area contributed by atoms with Crippen molar-refractivity contribution in [3.8, 4) is 0 Å². The number of nitrogens with zero attached hydrogens (tertiary/aromatic N) is 4. The number of rotatable bonds is 5. The van der Waals surface area contributed by atoms with Gasteiger partial charge in [0.05, 0.1) is 11.7 Å². The van der Waals surface area contributed by atoms with Crippen LogP contribution in [-0.4, -0.2) is 32.6 Å². The monoisotopic (exact) mass is 306 g/mol. The van der Waals surface area contributed by atoms with Crippen molar-refractivity contribution in [3.63, 3.8) is 0 Å². The van der Waals surface area contributed by atoms with Crippen molar-refractivity contribution < 1.29 is 4.79 Å². The summed E-state index contributed by atoms with van der Waals surface area (Å²) in [5, 5.41) is 7.30. The standard InChI is InChI=1S/C15H22N4OS/c1-10-13(11(2)19(5)17-10)6-7-14(20)18(4)12(3)15-16-8-9-21-15/h8-9,12H,6-7H2,1-5H3. The first kappa shape index (κ1) is 15.7. The lowest BCUT2D eigenvalue weighted by molar-refractivity contribution is -0.131. The number of carbonyl (C=O) groups is 1. The minimum Gasteiger partial charge on any atom is -0.337 e. The minimum atomic E-state index is 0.0218. The lowest BCUT2D eigenvalue weighted by Crippen LogP contribution is -2.29. The molecule has 114 valence electrons. The smallest absolute Gasteiger partial charge is 0.223 e. The second-order valence-electron chi connectivity index (χ2n) is 5.32. The molecule has 2 aromatic heterocycles. The maximum absolute atomic E-state index is 12.4. The summed E-state index contributed by atoms with van der Waals surface area (Å²) in [4.78, 5) is 18.4. The van der Waals surface area contributed by atoms with Crippen molar-refractivity contribution in [1.82, 2.24) is 19.7 Å². The Labute approximate surface area is 129 Å². The minimum absolute atomic E-state index is 0.0218. The van der Waals surface area contributed by atoms with Gasteiger partial charge < -0.3 is 4.90 Å². The summed E-state index contributed by atoms with van der Waals surface area (Å²) in [5.41, 5.74) is 3.33. The summed E-state index contributed by atoms with van der Waals surface area (Å²) >= 11 is 1.58. The highest BCUT2D eigenvalue weighted by molar-refractivity contribution is 7.09. The predicted molar refractivity (Wildman–Crippen MR) is 84.3 cm³/mol. The molecule has 0 spiro atoms. The first-order valence-corrected chi connectivity index (χ1v) is 7.94. The molecule has 0 bridgehead atoms. The number of hydrogen-bond donors (Lipinski definition) is 0. The van der Waals surface area contributed by atoms with Gasteiger partial charge >= 0.3 is 0 Å². The lowest BCUT2D eigenvalue weighted by atomic mass is 10.1. The molecule has 0 aliphatic carbocycles. The van der Waals surface area contributed by atoms with Crippen LogP contribution in [0.2, 0.25) is 0 Å². The third-order valence-electron chi connectivity index (χ3n) is 4.03. The Balaban J connectivity index is 1.98. The molecule has 0 aromatic carbocycles. The van der Waals surface area contributed by atoms with Gasteiger partial charge in [0.15, 0.2) is 0 Å². The molecular weight excluding hydrogens is 284 g/mol. The maximum Gasteiger partial charge on any atom is 0.223 e. The van der Waals surface area contributed by atoms with Crippen LogP contribution in [0, 0.1) is 13.8 Å². The van der Waals surface area contributed by atoms with Crippen LogP contribution < -0.4 is 0 Å². The number of aryl methyl sites for hydroxylation is 2. The molecule has 1 unspecified atom stereocenters. The highest BCUT2D eigenvalue weighted by atomic mass is 32.1.